The summed E-state index contributed by atoms with van der Waals surface area (Å²) in [6.07, 6.45) is 2.30. The summed E-state index contributed by atoms with van der Waals surface area (Å²) in [5.74, 6) is 0.489. The number of hydrogen-bond donors (Lipinski definition) is 2. The topological polar surface area (TPSA) is 68.3 Å². The van der Waals surface area contributed by atoms with E-state index in [0.29, 0.717) is 17.9 Å². The maximum Gasteiger partial charge on any atom is 0.255 e. The summed E-state index contributed by atoms with van der Waals surface area (Å²) < 4.78 is 5.16. The Balaban J connectivity index is 2.06. The first-order chi connectivity index (χ1) is 8.74. The largest absolute Gasteiger partial charge is 0.467 e. The average molecular weight is 264 g/mol. The lowest BCUT2D eigenvalue weighted by Crippen LogP contribution is -2.27. The Morgan fingerprint density at radius 1 is 1.61 bits per heavy atom. The number of thiophene rings is 1. The van der Waals surface area contributed by atoms with E-state index in [1.165, 1.54) is 6.26 Å². The molecule has 0 spiro atoms. The number of nitrogens with one attached hydrogen (secondary N) is 1. The fourth-order valence-electron chi connectivity index (χ4n) is 1.71. The first kappa shape index (κ1) is 12.9. The fourth-order valence-corrected chi connectivity index (χ4v) is 2.57. The zero-order chi connectivity index (χ0) is 13.0. The van der Waals surface area contributed by atoms with Gasteiger partial charge < -0.3 is 15.5 Å². The van der Waals surface area contributed by atoms with Gasteiger partial charge in [0.2, 0.25) is 0 Å². The highest BCUT2D eigenvalue weighted by molar-refractivity contribution is 7.10. The van der Waals surface area contributed by atoms with E-state index < -0.39 is 0 Å². The number of furan rings is 1. The van der Waals surface area contributed by atoms with Gasteiger partial charge >= 0.3 is 0 Å². The molecule has 3 N–H and O–H groups in total. The Kier molecular flexibility index (Phi) is 4.17. The van der Waals surface area contributed by atoms with Gasteiger partial charge in [-0.2, -0.15) is 0 Å². The van der Waals surface area contributed by atoms with Gasteiger partial charge in [0.15, 0.2) is 0 Å². The lowest BCUT2D eigenvalue weighted by atomic mass is 10.1. The summed E-state index contributed by atoms with van der Waals surface area (Å²) in [4.78, 5) is 13.2. The predicted octanol–water partition coefficient (Wildman–Crippen LogP) is 2.68. The Morgan fingerprint density at radius 2 is 2.44 bits per heavy atom. The molecule has 1 amide bonds. The summed E-state index contributed by atoms with van der Waals surface area (Å²) in [7, 11) is 0. The van der Waals surface area contributed by atoms with Crippen LogP contribution in [0.15, 0.2) is 34.3 Å². The lowest BCUT2D eigenvalue weighted by molar-refractivity contribution is 0.0935. The second-order valence-electron chi connectivity index (χ2n) is 3.96. The molecule has 0 saturated carbocycles. The molecule has 1 unspecified atom stereocenters. The minimum atomic E-state index is -0.126. The minimum Gasteiger partial charge on any atom is -0.467 e. The quantitative estimate of drug-likeness (QED) is 0.872. The molecule has 0 saturated heterocycles. The molecule has 0 bridgehead atoms. The van der Waals surface area contributed by atoms with Gasteiger partial charge in [0.25, 0.3) is 5.91 Å². The van der Waals surface area contributed by atoms with Gasteiger partial charge in [0.05, 0.1) is 18.2 Å². The van der Waals surface area contributed by atoms with E-state index >= 15 is 0 Å². The maximum atomic E-state index is 12.0. The van der Waals surface area contributed by atoms with Crippen LogP contribution in [0.3, 0.4) is 0 Å². The van der Waals surface area contributed by atoms with Gasteiger partial charge in [-0.25, -0.2) is 0 Å². The monoisotopic (exact) mass is 264 g/mol. The van der Waals surface area contributed by atoms with E-state index in [1.807, 2.05) is 24.4 Å². The summed E-state index contributed by atoms with van der Waals surface area (Å²) in [5.41, 5.74) is 5.96. The Morgan fingerprint density at radius 3 is 3.00 bits per heavy atom. The molecule has 0 aliphatic heterocycles. The van der Waals surface area contributed by atoms with Crippen molar-refractivity contribution in [1.29, 1.82) is 0 Å². The molecule has 18 heavy (non-hydrogen) atoms. The Labute approximate surface area is 110 Å². The first-order valence-corrected chi connectivity index (χ1v) is 6.74. The van der Waals surface area contributed by atoms with Gasteiger partial charge in [-0.15, -0.1) is 11.3 Å². The molecule has 0 aromatic carbocycles. The van der Waals surface area contributed by atoms with E-state index in [-0.39, 0.29) is 11.9 Å². The third kappa shape index (κ3) is 2.80. The van der Waals surface area contributed by atoms with Crippen molar-refractivity contribution in [2.24, 2.45) is 5.73 Å². The zero-order valence-corrected chi connectivity index (χ0v) is 11.0. The molecule has 1 atom stereocenters. The van der Waals surface area contributed by atoms with Crippen molar-refractivity contribution in [3.63, 3.8) is 0 Å². The first-order valence-electron chi connectivity index (χ1n) is 5.86. The van der Waals surface area contributed by atoms with Crippen LogP contribution in [0.5, 0.6) is 0 Å². The standard InChI is InChI=1S/C13H16N2O2S/c1-2-11(12-4-3-5-18-12)15-13(16)9-6-10(7-14)17-8-9/h3-6,8,11H,2,7,14H2,1H3,(H,15,16). The van der Waals surface area contributed by atoms with Gasteiger partial charge in [0.1, 0.15) is 12.0 Å². The summed E-state index contributed by atoms with van der Waals surface area (Å²) in [5, 5.41) is 5.00. The highest BCUT2D eigenvalue weighted by Gasteiger charge is 2.16. The Bertz CT molecular complexity index is 505. The number of rotatable bonds is 5. The lowest BCUT2D eigenvalue weighted by Gasteiger charge is -2.14. The van der Waals surface area contributed by atoms with Crippen LogP contribution in [0.1, 0.15) is 40.4 Å². The highest BCUT2D eigenvalue weighted by Crippen LogP contribution is 2.22. The molecular weight excluding hydrogens is 248 g/mol. The van der Waals surface area contributed by atoms with Crippen LogP contribution in [0.2, 0.25) is 0 Å². The SMILES string of the molecule is CCC(NC(=O)c1coc(CN)c1)c1cccs1. The summed E-state index contributed by atoms with van der Waals surface area (Å²) >= 11 is 1.64. The molecule has 2 aromatic heterocycles. The molecule has 5 heteroatoms. The van der Waals surface area contributed by atoms with Crippen molar-refractivity contribution >= 4 is 17.2 Å². The maximum absolute atomic E-state index is 12.0. The highest BCUT2D eigenvalue weighted by atomic mass is 32.1. The smallest absolute Gasteiger partial charge is 0.255 e. The molecule has 2 heterocycles. The van der Waals surface area contributed by atoms with Crippen molar-refractivity contribution in [1.82, 2.24) is 5.32 Å². The van der Waals surface area contributed by atoms with Crippen LogP contribution in [-0.2, 0) is 6.54 Å². The molecule has 2 aromatic rings. The van der Waals surface area contributed by atoms with Gasteiger partial charge in [-0.3, -0.25) is 4.79 Å². The predicted molar refractivity (Wildman–Crippen MR) is 71.4 cm³/mol. The molecule has 0 radical (unpaired) electrons. The van der Waals surface area contributed by atoms with Crippen molar-refractivity contribution in [2.45, 2.75) is 25.9 Å². The van der Waals surface area contributed by atoms with Gasteiger partial charge in [-0.1, -0.05) is 13.0 Å². The Hall–Kier alpha value is -1.59. The van der Waals surface area contributed by atoms with E-state index in [4.69, 9.17) is 10.2 Å². The zero-order valence-electron chi connectivity index (χ0n) is 10.2. The molecule has 0 aliphatic rings. The van der Waals surface area contributed by atoms with Crippen LogP contribution in [0, 0.1) is 0 Å². The van der Waals surface area contributed by atoms with Crippen LogP contribution >= 0.6 is 11.3 Å². The minimum absolute atomic E-state index is 0.0497. The van der Waals surface area contributed by atoms with Crippen molar-refractivity contribution in [3.05, 3.63) is 46.0 Å². The van der Waals surface area contributed by atoms with Crippen LogP contribution in [0.25, 0.3) is 0 Å². The van der Waals surface area contributed by atoms with Crippen LogP contribution in [-0.4, -0.2) is 5.91 Å². The fraction of sp³-hybridized carbons (Fsp3) is 0.308. The molecule has 2 rings (SSSR count). The molecular formula is C13H16N2O2S. The van der Waals surface area contributed by atoms with E-state index in [2.05, 4.69) is 5.32 Å². The normalized spacial score (nSPS) is 12.3. The molecule has 0 aliphatic carbocycles. The summed E-state index contributed by atoms with van der Waals surface area (Å²) in [6, 6.07) is 5.74. The molecule has 96 valence electrons. The summed E-state index contributed by atoms with van der Waals surface area (Å²) in [6.45, 7) is 2.35. The number of hydrogen-bond acceptors (Lipinski definition) is 4. The number of carbonyl (C=O) groups is 1. The van der Waals surface area contributed by atoms with Crippen molar-refractivity contribution in [3.8, 4) is 0 Å². The average Bonchev–Trinajstić information content (AvgIpc) is 3.05. The second kappa shape index (κ2) is 5.84. The number of nitrogens with two attached hydrogens (primary N) is 1. The van der Waals surface area contributed by atoms with Gasteiger partial charge in [0, 0.05) is 4.88 Å². The number of carbonyl (C=O) groups excluding carboxylic acids is 1. The van der Waals surface area contributed by atoms with Crippen molar-refractivity contribution < 1.29 is 9.21 Å². The van der Waals surface area contributed by atoms with Crippen molar-refractivity contribution in [2.75, 3.05) is 0 Å². The second-order valence-corrected chi connectivity index (χ2v) is 4.93. The molecule has 4 nitrogen and oxygen atoms in total. The van der Waals surface area contributed by atoms with Crippen LogP contribution in [0.4, 0.5) is 0 Å². The van der Waals surface area contributed by atoms with E-state index in [1.54, 1.807) is 17.4 Å². The van der Waals surface area contributed by atoms with Crippen LogP contribution < -0.4 is 11.1 Å². The third-order valence-corrected chi connectivity index (χ3v) is 3.70. The van der Waals surface area contributed by atoms with E-state index in [9.17, 15) is 4.79 Å². The van der Waals surface area contributed by atoms with Gasteiger partial charge in [-0.05, 0) is 23.9 Å². The number of amides is 1. The molecule has 0 fully saturated rings. The van der Waals surface area contributed by atoms with E-state index in [0.717, 1.165) is 11.3 Å². The third-order valence-electron chi connectivity index (χ3n) is 2.72.